The summed E-state index contributed by atoms with van der Waals surface area (Å²) in [6, 6.07) is 7.23. The monoisotopic (exact) mass is 216 g/mol. The Morgan fingerprint density at radius 1 is 1.38 bits per heavy atom. The maximum Gasteiger partial charge on any atom is 0.320 e. The molecule has 1 unspecified atom stereocenters. The minimum atomic E-state index is -0.783. The first-order valence-corrected chi connectivity index (χ1v) is 5.22. The summed E-state index contributed by atoms with van der Waals surface area (Å²) in [6.45, 7) is 2.01. The van der Waals surface area contributed by atoms with Crippen LogP contribution in [0.3, 0.4) is 0 Å². The summed E-state index contributed by atoms with van der Waals surface area (Å²) in [5.74, 6) is -1.44. The van der Waals surface area contributed by atoms with Gasteiger partial charge in [0.2, 0.25) is 0 Å². The van der Waals surface area contributed by atoms with Crippen LogP contribution in [0, 0.1) is 5.92 Å². The van der Waals surface area contributed by atoms with Gasteiger partial charge >= 0.3 is 5.97 Å². The van der Waals surface area contributed by atoms with Gasteiger partial charge in [-0.1, -0.05) is 36.4 Å². The Kier molecular flexibility index (Phi) is 2.86. The molecule has 3 nitrogen and oxygen atoms in total. The van der Waals surface area contributed by atoms with Gasteiger partial charge in [-0.2, -0.15) is 0 Å². The zero-order chi connectivity index (χ0) is 11.5. The topological polar surface area (TPSA) is 43.4 Å². The lowest BCUT2D eigenvalue weighted by Gasteiger charge is -2.16. The molecule has 1 aromatic carbocycles. The fourth-order valence-electron chi connectivity index (χ4n) is 1.74. The molecule has 0 bridgehead atoms. The molecule has 16 heavy (non-hydrogen) atoms. The van der Waals surface area contributed by atoms with Crippen LogP contribution in [0.25, 0.3) is 6.08 Å². The molecule has 0 spiro atoms. The molecule has 1 aromatic rings. The molecule has 0 saturated heterocycles. The maximum atomic E-state index is 12.0. The number of Topliss-reactive ketones (excluding diaryl/α,β-unsaturated/α-hetero) is 1. The standard InChI is InChI=1S/C13H12O3/c1-2-16-13(15)11-8-7-9-5-3-4-6-10(9)12(11)14/h3-8,11H,2H2,1H3. The van der Waals surface area contributed by atoms with Crippen molar-refractivity contribution in [3.8, 4) is 0 Å². The van der Waals surface area contributed by atoms with Crippen LogP contribution in [0.2, 0.25) is 0 Å². The highest BCUT2D eigenvalue weighted by molar-refractivity contribution is 6.13. The fraction of sp³-hybridized carbons (Fsp3) is 0.231. The van der Waals surface area contributed by atoms with Gasteiger partial charge in [0.15, 0.2) is 5.78 Å². The molecule has 0 fully saturated rings. The van der Waals surface area contributed by atoms with Crippen LogP contribution < -0.4 is 0 Å². The average Bonchev–Trinajstić information content (AvgIpc) is 2.30. The van der Waals surface area contributed by atoms with E-state index in [1.165, 1.54) is 0 Å². The highest BCUT2D eigenvalue weighted by Gasteiger charge is 2.30. The van der Waals surface area contributed by atoms with Crippen molar-refractivity contribution in [1.29, 1.82) is 0 Å². The van der Waals surface area contributed by atoms with E-state index in [1.807, 2.05) is 12.1 Å². The van der Waals surface area contributed by atoms with E-state index in [-0.39, 0.29) is 12.4 Å². The van der Waals surface area contributed by atoms with Crippen LogP contribution in [0.15, 0.2) is 30.3 Å². The van der Waals surface area contributed by atoms with Gasteiger partial charge in [-0.05, 0) is 12.5 Å². The number of esters is 1. The van der Waals surface area contributed by atoms with Gasteiger partial charge < -0.3 is 4.74 Å². The predicted octanol–water partition coefficient (Wildman–Crippen LogP) is 2.08. The lowest BCUT2D eigenvalue weighted by Crippen LogP contribution is -2.26. The van der Waals surface area contributed by atoms with E-state index < -0.39 is 11.9 Å². The summed E-state index contributed by atoms with van der Waals surface area (Å²) in [7, 11) is 0. The number of fused-ring (bicyclic) bond motifs is 1. The predicted molar refractivity (Wildman–Crippen MR) is 59.9 cm³/mol. The van der Waals surface area contributed by atoms with Crippen molar-refractivity contribution in [3.05, 3.63) is 41.5 Å². The van der Waals surface area contributed by atoms with Gasteiger partial charge in [-0.15, -0.1) is 0 Å². The van der Waals surface area contributed by atoms with Crippen molar-refractivity contribution in [1.82, 2.24) is 0 Å². The lowest BCUT2D eigenvalue weighted by molar-refractivity contribution is -0.144. The molecule has 82 valence electrons. The Bertz CT molecular complexity index is 460. The molecule has 0 radical (unpaired) electrons. The Labute approximate surface area is 93.7 Å². The highest BCUT2D eigenvalue weighted by Crippen LogP contribution is 2.23. The Balaban J connectivity index is 2.31. The van der Waals surface area contributed by atoms with Crippen LogP contribution in [-0.2, 0) is 9.53 Å². The van der Waals surface area contributed by atoms with E-state index in [4.69, 9.17) is 4.74 Å². The Morgan fingerprint density at radius 3 is 2.88 bits per heavy atom. The molecule has 1 atom stereocenters. The molecule has 1 aliphatic rings. The number of ketones is 1. The number of carbonyl (C=O) groups excluding carboxylic acids is 2. The molecule has 0 N–H and O–H groups in total. The average molecular weight is 216 g/mol. The number of hydrogen-bond donors (Lipinski definition) is 0. The molecule has 1 aliphatic carbocycles. The zero-order valence-corrected chi connectivity index (χ0v) is 8.97. The van der Waals surface area contributed by atoms with Crippen molar-refractivity contribution >= 4 is 17.8 Å². The van der Waals surface area contributed by atoms with E-state index in [2.05, 4.69) is 0 Å². The summed E-state index contributed by atoms with van der Waals surface area (Å²) in [5.41, 5.74) is 1.44. The van der Waals surface area contributed by atoms with E-state index in [0.717, 1.165) is 5.56 Å². The van der Waals surface area contributed by atoms with Crippen LogP contribution in [0.1, 0.15) is 22.8 Å². The normalized spacial score (nSPS) is 18.1. The fourth-order valence-corrected chi connectivity index (χ4v) is 1.74. The molecule has 0 saturated carbocycles. The SMILES string of the molecule is CCOC(=O)C1C=Cc2ccccc2C1=O. The minimum absolute atomic E-state index is 0.184. The van der Waals surface area contributed by atoms with E-state index in [1.54, 1.807) is 31.2 Å². The van der Waals surface area contributed by atoms with E-state index in [9.17, 15) is 9.59 Å². The molecule has 2 rings (SSSR count). The number of benzene rings is 1. The molecule has 0 heterocycles. The van der Waals surface area contributed by atoms with Crippen LogP contribution >= 0.6 is 0 Å². The molecule has 0 aromatic heterocycles. The van der Waals surface area contributed by atoms with Crippen molar-refractivity contribution in [2.45, 2.75) is 6.92 Å². The maximum absolute atomic E-state index is 12.0. The summed E-state index contributed by atoms with van der Waals surface area (Å²) in [4.78, 5) is 23.5. The van der Waals surface area contributed by atoms with Gasteiger partial charge in [0.05, 0.1) is 6.61 Å². The first kappa shape index (κ1) is 10.6. The molecule has 0 amide bonds. The van der Waals surface area contributed by atoms with Gasteiger partial charge in [0, 0.05) is 5.56 Å². The smallest absolute Gasteiger partial charge is 0.320 e. The zero-order valence-electron chi connectivity index (χ0n) is 8.97. The van der Waals surface area contributed by atoms with Crippen molar-refractivity contribution in [2.24, 2.45) is 5.92 Å². The summed E-state index contributed by atoms with van der Waals surface area (Å²) >= 11 is 0. The van der Waals surface area contributed by atoms with E-state index >= 15 is 0 Å². The third kappa shape index (κ3) is 1.76. The van der Waals surface area contributed by atoms with Crippen LogP contribution in [0.5, 0.6) is 0 Å². The second kappa shape index (κ2) is 4.31. The summed E-state index contributed by atoms with van der Waals surface area (Å²) < 4.78 is 4.86. The first-order chi connectivity index (χ1) is 7.74. The number of hydrogen-bond acceptors (Lipinski definition) is 3. The first-order valence-electron chi connectivity index (χ1n) is 5.22. The van der Waals surface area contributed by atoms with Gasteiger partial charge in [-0.25, -0.2) is 0 Å². The van der Waals surface area contributed by atoms with E-state index in [0.29, 0.717) is 5.56 Å². The third-order valence-electron chi connectivity index (χ3n) is 2.52. The third-order valence-corrected chi connectivity index (χ3v) is 2.52. The minimum Gasteiger partial charge on any atom is -0.465 e. The van der Waals surface area contributed by atoms with Crippen molar-refractivity contribution < 1.29 is 14.3 Å². The quantitative estimate of drug-likeness (QED) is 0.561. The number of ether oxygens (including phenoxy) is 1. The number of carbonyl (C=O) groups is 2. The highest BCUT2D eigenvalue weighted by atomic mass is 16.5. The Morgan fingerprint density at radius 2 is 2.12 bits per heavy atom. The molecular formula is C13H12O3. The van der Waals surface area contributed by atoms with Crippen molar-refractivity contribution in [2.75, 3.05) is 6.61 Å². The number of rotatable bonds is 2. The summed E-state index contributed by atoms with van der Waals surface area (Å²) in [5, 5.41) is 0. The molecular weight excluding hydrogens is 204 g/mol. The largest absolute Gasteiger partial charge is 0.465 e. The second-order valence-corrected chi connectivity index (χ2v) is 3.54. The lowest BCUT2D eigenvalue weighted by atomic mass is 9.88. The van der Waals surface area contributed by atoms with Gasteiger partial charge in [0.25, 0.3) is 0 Å². The Hall–Kier alpha value is -1.90. The summed E-state index contributed by atoms with van der Waals surface area (Å²) in [6.07, 6.45) is 3.39. The van der Waals surface area contributed by atoms with Gasteiger partial charge in [0.1, 0.15) is 5.92 Å². The van der Waals surface area contributed by atoms with Gasteiger partial charge in [-0.3, -0.25) is 9.59 Å². The molecule has 3 heteroatoms. The van der Waals surface area contributed by atoms with Crippen molar-refractivity contribution in [3.63, 3.8) is 0 Å². The second-order valence-electron chi connectivity index (χ2n) is 3.54. The molecule has 0 aliphatic heterocycles. The van der Waals surface area contributed by atoms with Crippen LogP contribution in [-0.4, -0.2) is 18.4 Å². The van der Waals surface area contributed by atoms with Crippen LogP contribution in [0.4, 0.5) is 0 Å².